The van der Waals surface area contributed by atoms with Gasteiger partial charge in [0.05, 0.1) is 11.4 Å². The van der Waals surface area contributed by atoms with E-state index in [2.05, 4.69) is 24.5 Å². The molecular weight excluding hydrogens is 350 g/mol. The van der Waals surface area contributed by atoms with Crippen molar-refractivity contribution in [2.45, 2.75) is 39.5 Å². The van der Waals surface area contributed by atoms with Gasteiger partial charge in [0, 0.05) is 17.7 Å². The minimum Gasteiger partial charge on any atom is -0.397 e. The highest BCUT2D eigenvalue weighted by atomic mass is 16.2. The number of nitrogens with one attached hydrogen (secondary N) is 2. The van der Waals surface area contributed by atoms with E-state index in [9.17, 15) is 9.59 Å². The summed E-state index contributed by atoms with van der Waals surface area (Å²) in [5.41, 5.74) is 8.56. The molecule has 4 N–H and O–H groups in total. The van der Waals surface area contributed by atoms with E-state index in [1.54, 1.807) is 18.2 Å². The molecule has 0 atom stereocenters. The Kier molecular flexibility index (Phi) is 8.28. The quantitative estimate of drug-likeness (QED) is 0.420. The zero-order valence-electron chi connectivity index (χ0n) is 16.6. The van der Waals surface area contributed by atoms with Crippen LogP contribution in [0.25, 0.3) is 6.08 Å². The summed E-state index contributed by atoms with van der Waals surface area (Å²) in [5, 5.41) is 5.73. The van der Waals surface area contributed by atoms with Crippen LogP contribution in [-0.2, 0) is 9.59 Å². The van der Waals surface area contributed by atoms with Crippen molar-refractivity contribution in [3.8, 4) is 0 Å². The Balaban J connectivity index is 1.93. The predicted molar refractivity (Wildman–Crippen MR) is 117 cm³/mol. The van der Waals surface area contributed by atoms with Gasteiger partial charge in [0.2, 0.25) is 11.8 Å². The van der Waals surface area contributed by atoms with Crippen molar-refractivity contribution in [1.29, 1.82) is 0 Å². The summed E-state index contributed by atoms with van der Waals surface area (Å²) in [6.45, 7) is 4.19. The number of amides is 2. The van der Waals surface area contributed by atoms with E-state index >= 15 is 0 Å². The third kappa shape index (κ3) is 6.58. The lowest BCUT2D eigenvalue weighted by atomic mass is 9.97. The van der Waals surface area contributed by atoms with Gasteiger partial charge >= 0.3 is 0 Å². The van der Waals surface area contributed by atoms with Crippen LogP contribution < -0.4 is 16.4 Å². The number of para-hydroxylation sites is 2. The van der Waals surface area contributed by atoms with E-state index in [-0.39, 0.29) is 17.7 Å². The van der Waals surface area contributed by atoms with Gasteiger partial charge < -0.3 is 16.4 Å². The fraction of sp³-hybridized carbons (Fsp3) is 0.304. The van der Waals surface area contributed by atoms with Crippen molar-refractivity contribution >= 4 is 35.0 Å². The number of rotatable bonds is 9. The van der Waals surface area contributed by atoms with Crippen LogP contribution >= 0.6 is 0 Å². The van der Waals surface area contributed by atoms with Crippen LogP contribution in [0.1, 0.15) is 45.1 Å². The molecule has 0 bridgehead atoms. The van der Waals surface area contributed by atoms with Crippen LogP contribution in [0, 0.1) is 5.92 Å². The number of hydrogen-bond donors (Lipinski definition) is 3. The van der Waals surface area contributed by atoms with E-state index in [0.717, 1.165) is 36.9 Å². The Bertz CT molecular complexity index is 807. The summed E-state index contributed by atoms with van der Waals surface area (Å²) in [6, 6.07) is 14.5. The van der Waals surface area contributed by atoms with E-state index in [0.29, 0.717) is 11.4 Å². The Morgan fingerprint density at radius 1 is 0.964 bits per heavy atom. The molecular formula is C23H29N3O2. The molecule has 0 aromatic heterocycles. The van der Waals surface area contributed by atoms with E-state index in [1.807, 2.05) is 36.4 Å². The second-order valence-corrected chi connectivity index (χ2v) is 6.80. The Morgan fingerprint density at radius 2 is 1.61 bits per heavy atom. The van der Waals surface area contributed by atoms with Crippen LogP contribution in [0.15, 0.2) is 54.6 Å². The topological polar surface area (TPSA) is 84.2 Å². The number of anilines is 3. The van der Waals surface area contributed by atoms with Gasteiger partial charge in [-0.2, -0.15) is 0 Å². The summed E-state index contributed by atoms with van der Waals surface area (Å²) in [6.07, 6.45) is 6.98. The number of carbonyl (C=O) groups excluding carboxylic acids is 2. The molecule has 0 heterocycles. The third-order valence-electron chi connectivity index (χ3n) is 4.47. The number of carbonyl (C=O) groups is 2. The fourth-order valence-electron chi connectivity index (χ4n) is 2.98. The molecule has 2 rings (SSSR count). The highest BCUT2D eigenvalue weighted by Crippen LogP contribution is 2.18. The number of hydrogen-bond acceptors (Lipinski definition) is 3. The second kappa shape index (κ2) is 10.9. The van der Waals surface area contributed by atoms with Gasteiger partial charge in [-0.1, -0.05) is 51.0 Å². The summed E-state index contributed by atoms with van der Waals surface area (Å²) < 4.78 is 0. The molecule has 0 aliphatic heterocycles. The van der Waals surface area contributed by atoms with Gasteiger partial charge in [-0.15, -0.1) is 0 Å². The lowest BCUT2D eigenvalue weighted by Crippen LogP contribution is -2.22. The molecule has 2 aromatic carbocycles. The maximum Gasteiger partial charge on any atom is 0.248 e. The summed E-state index contributed by atoms with van der Waals surface area (Å²) >= 11 is 0. The van der Waals surface area contributed by atoms with E-state index in [1.165, 1.54) is 6.08 Å². The maximum atomic E-state index is 12.4. The molecule has 5 heteroatoms. The van der Waals surface area contributed by atoms with Crippen LogP contribution in [-0.4, -0.2) is 11.8 Å². The SMILES string of the molecule is CCCC(CCC)C(=O)Nc1ccc(/C=C/C(=O)Nc2ccccc2N)cc1. The van der Waals surface area contributed by atoms with Gasteiger partial charge in [0.25, 0.3) is 0 Å². The molecule has 2 amide bonds. The Morgan fingerprint density at radius 3 is 2.21 bits per heavy atom. The normalized spacial score (nSPS) is 11.0. The Labute approximate surface area is 167 Å². The first-order valence-electron chi connectivity index (χ1n) is 9.78. The minimum atomic E-state index is -0.253. The second-order valence-electron chi connectivity index (χ2n) is 6.80. The molecule has 0 radical (unpaired) electrons. The zero-order valence-corrected chi connectivity index (χ0v) is 16.6. The molecule has 2 aromatic rings. The van der Waals surface area contributed by atoms with Crippen molar-refractivity contribution in [2.75, 3.05) is 16.4 Å². The first-order chi connectivity index (χ1) is 13.5. The standard InChI is InChI=1S/C23H29N3O2/c1-3-7-18(8-4-2)23(28)25-19-14-11-17(12-15-19)13-16-22(27)26-21-10-6-5-9-20(21)24/h5-6,9-16,18H,3-4,7-8,24H2,1-2H3,(H,25,28)(H,26,27)/b16-13+. The first kappa shape index (κ1) is 21.2. The molecule has 0 aliphatic rings. The molecule has 0 unspecified atom stereocenters. The molecule has 0 fully saturated rings. The lowest BCUT2D eigenvalue weighted by molar-refractivity contribution is -0.120. The van der Waals surface area contributed by atoms with Gasteiger partial charge in [-0.05, 0) is 48.7 Å². The van der Waals surface area contributed by atoms with Crippen molar-refractivity contribution in [2.24, 2.45) is 5.92 Å². The minimum absolute atomic E-state index is 0.0590. The van der Waals surface area contributed by atoms with E-state index < -0.39 is 0 Å². The molecule has 0 aliphatic carbocycles. The monoisotopic (exact) mass is 379 g/mol. The van der Waals surface area contributed by atoms with Crippen molar-refractivity contribution in [1.82, 2.24) is 0 Å². The van der Waals surface area contributed by atoms with Gasteiger partial charge in [0.15, 0.2) is 0 Å². The van der Waals surface area contributed by atoms with Crippen LogP contribution in [0.4, 0.5) is 17.1 Å². The number of benzene rings is 2. The van der Waals surface area contributed by atoms with Crippen LogP contribution in [0.5, 0.6) is 0 Å². The van der Waals surface area contributed by atoms with Crippen molar-refractivity contribution in [3.05, 3.63) is 60.2 Å². The smallest absolute Gasteiger partial charge is 0.248 e. The fourth-order valence-corrected chi connectivity index (χ4v) is 2.98. The average Bonchev–Trinajstić information content (AvgIpc) is 2.69. The average molecular weight is 380 g/mol. The highest BCUT2D eigenvalue weighted by Gasteiger charge is 2.16. The van der Waals surface area contributed by atoms with Gasteiger partial charge in [0.1, 0.15) is 0 Å². The van der Waals surface area contributed by atoms with Crippen LogP contribution in [0.2, 0.25) is 0 Å². The maximum absolute atomic E-state index is 12.4. The van der Waals surface area contributed by atoms with Crippen LogP contribution in [0.3, 0.4) is 0 Å². The third-order valence-corrected chi connectivity index (χ3v) is 4.47. The lowest BCUT2D eigenvalue weighted by Gasteiger charge is -2.15. The molecule has 28 heavy (non-hydrogen) atoms. The molecule has 0 saturated heterocycles. The summed E-state index contributed by atoms with van der Waals surface area (Å²) in [7, 11) is 0. The summed E-state index contributed by atoms with van der Waals surface area (Å²) in [4.78, 5) is 24.4. The first-order valence-corrected chi connectivity index (χ1v) is 9.78. The predicted octanol–water partition coefficient (Wildman–Crippen LogP) is 5.08. The van der Waals surface area contributed by atoms with Gasteiger partial charge in [-0.3, -0.25) is 9.59 Å². The Hall–Kier alpha value is -3.08. The number of nitrogens with two attached hydrogens (primary N) is 1. The van der Waals surface area contributed by atoms with E-state index in [4.69, 9.17) is 5.73 Å². The van der Waals surface area contributed by atoms with Crippen molar-refractivity contribution in [3.63, 3.8) is 0 Å². The zero-order chi connectivity index (χ0) is 20.4. The summed E-state index contributed by atoms with van der Waals surface area (Å²) in [5.74, 6) is -0.118. The van der Waals surface area contributed by atoms with Gasteiger partial charge in [-0.25, -0.2) is 0 Å². The molecule has 148 valence electrons. The molecule has 0 saturated carbocycles. The molecule has 5 nitrogen and oxygen atoms in total. The number of nitrogen functional groups attached to an aromatic ring is 1. The highest BCUT2D eigenvalue weighted by molar-refractivity contribution is 6.03. The largest absolute Gasteiger partial charge is 0.397 e. The molecule has 0 spiro atoms. The van der Waals surface area contributed by atoms with Crippen molar-refractivity contribution < 1.29 is 9.59 Å².